The number of hydrogen-bond acceptors (Lipinski definition) is 2. The second-order valence-corrected chi connectivity index (χ2v) is 5.96. The van der Waals surface area contributed by atoms with Crippen LogP contribution in [0.5, 0.6) is 0 Å². The minimum absolute atomic E-state index is 0.436. The first kappa shape index (κ1) is 12.2. The van der Waals surface area contributed by atoms with E-state index >= 15 is 0 Å². The van der Waals surface area contributed by atoms with Crippen LogP contribution in [0, 0.1) is 0 Å². The van der Waals surface area contributed by atoms with Gasteiger partial charge in [0.15, 0.2) is 0 Å². The average molecular weight is 244 g/mol. The molecule has 1 aliphatic carbocycles. The van der Waals surface area contributed by atoms with Gasteiger partial charge in [0.2, 0.25) is 0 Å². The van der Waals surface area contributed by atoms with Crippen molar-refractivity contribution in [3.63, 3.8) is 0 Å². The highest BCUT2D eigenvalue weighted by Crippen LogP contribution is 2.30. The third kappa shape index (κ3) is 2.76. The Hall–Kier alpha value is -0.860. The Bertz CT molecular complexity index is 362. The van der Waals surface area contributed by atoms with E-state index in [9.17, 15) is 0 Å². The molecule has 18 heavy (non-hydrogen) atoms. The number of benzene rings is 1. The van der Waals surface area contributed by atoms with Crippen molar-refractivity contribution in [3.05, 3.63) is 35.9 Å². The van der Waals surface area contributed by atoms with Crippen molar-refractivity contribution in [2.45, 2.75) is 44.2 Å². The maximum absolute atomic E-state index is 3.81. The Balaban J connectivity index is 1.63. The second kappa shape index (κ2) is 5.41. The van der Waals surface area contributed by atoms with Crippen LogP contribution in [0.25, 0.3) is 0 Å². The van der Waals surface area contributed by atoms with Crippen molar-refractivity contribution >= 4 is 0 Å². The Morgan fingerprint density at radius 2 is 1.83 bits per heavy atom. The lowest BCUT2D eigenvalue weighted by Gasteiger charge is -2.46. The summed E-state index contributed by atoms with van der Waals surface area (Å²) in [6.45, 7) is 4.70. The molecule has 0 amide bonds. The van der Waals surface area contributed by atoms with E-state index in [1.807, 2.05) is 0 Å². The summed E-state index contributed by atoms with van der Waals surface area (Å²) in [5, 5.41) is 3.81. The zero-order valence-electron chi connectivity index (χ0n) is 11.2. The largest absolute Gasteiger partial charge is 0.309 e. The van der Waals surface area contributed by atoms with Crippen LogP contribution in [0.3, 0.4) is 0 Å². The Kier molecular flexibility index (Phi) is 3.67. The van der Waals surface area contributed by atoms with Gasteiger partial charge in [-0.25, -0.2) is 0 Å². The molecule has 1 aromatic carbocycles. The topological polar surface area (TPSA) is 15.3 Å². The van der Waals surface area contributed by atoms with Crippen LogP contribution in [-0.4, -0.2) is 30.1 Å². The Morgan fingerprint density at radius 3 is 2.61 bits per heavy atom. The molecular weight excluding hydrogens is 220 g/mol. The standard InChI is InChI=1S/C16H24N2/c1-3-7-15(8-4-1)13-18-12-11-17-16(14-18)9-5-2-6-10-16/h1,3-4,7-8,17H,2,5-6,9-14H2. The first-order valence-electron chi connectivity index (χ1n) is 7.38. The van der Waals surface area contributed by atoms with Gasteiger partial charge in [0.25, 0.3) is 0 Å². The molecule has 2 fully saturated rings. The van der Waals surface area contributed by atoms with E-state index in [1.165, 1.54) is 50.8 Å². The quantitative estimate of drug-likeness (QED) is 0.860. The molecule has 1 saturated carbocycles. The summed E-state index contributed by atoms with van der Waals surface area (Å²) in [6, 6.07) is 10.9. The molecule has 0 aromatic heterocycles. The van der Waals surface area contributed by atoms with E-state index in [-0.39, 0.29) is 0 Å². The van der Waals surface area contributed by atoms with Gasteiger partial charge in [-0.2, -0.15) is 0 Å². The fourth-order valence-electron chi connectivity index (χ4n) is 3.58. The molecule has 0 bridgehead atoms. The molecule has 1 aliphatic heterocycles. The molecule has 0 atom stereocenters. The smallest absolute Gasteiger partial charge is 0.0309 e. The minimum atomic E-state index is 0.436. The summed E-state index contributed by atoms with van der Waals surface area (Å²) in [6.07, 6.45) is 7.00. The third-order valence-corrected chi connectivity index (χ3v) is 4.51. The van der Waals surface area contributed by atoms with Gasteiger partial charge in [0.1, 0.15) is 0 Å². The molecule has 1 heterocycles. The van der Waals surface area contributed by atoms with Crippen LogP contribution >= 0.6 is 0 Å². The fourth-order valence-corrected chi connectivity index (χ4v) is 3.58. The maximum atomic E-state index is 3.81. The van der Waals surface area contributed by atoms with Crippen LogP contribution in [-0.2, 0) is 6.54 Å². The molecule has 1 saturated heterocycles. The van der Waals surface area contributed by atoms with Crippen LogP contribution < -0.4 is 5.32 Å². The van der Waals surface area contributed by atoms with Gasteiger partial charge in [-0.05, 0) is 18.4 Å². The minimum Gasteiger partial charge on any atom is -0.309 e. The molecule has 3 rings (SSSR count). The first-order chi connectivity index (χ1) is 8.86. The molecule has 2 nitrogen and oxygen atoms in total. The summed E-state index contributed by atoms with van der Waals surface area (Å²) in [5.74, 6) is 0. The molecule has 2 aliphatic rings. The van der Waals surface area contributed by atoms with Crippen molar-refractivity contribution in [1.29, 1.82) is 0 Å². The van der Waals surface area contributed by atoms with E-state index < -0.39 is 0 Å². The first-order valence-corrected chi connectivity index (χ1v) is 7.38. The SMILES string of the molecule is c1ccc(CN2CCNC3(CCCCC3)C2)cc1. The van der Waals surface area contributed by atoms with Crippen LogP contribution in [0.2, 0.25) is 0 Å². The predicted molar refractivity (Wildman–Crippen MR) is 75.5 cm³/mol. The summed E-state index contributed by atoms with van der Waals surface area (Å²) >= 11 is 0. The van der Waals surface area contributed by atoms with Crippen LogP contribution in [0.4, 0.5) is 0 Å². The molecule has 1 spiro atoms. The normalized spacial score (nSPS) is 24.2. The highest BCUT2D eigenvalue weighted by atomic mass is 15.2. The van der Waals surface area contributed by atoms with E-state index in [2.05, 4.69) is 40.5 Å². The van der Waals surface area contributed by atoms with E-state index in [0.717, 1.165) is 13.1 Å². The molecule has 0 radical (unpaired) electrons. The van der Waals surface area contributed by atoms with Crippen molar-refractivity contribution in [1.82, 2.24) is 10.2 Å². The van der Waals surface area contributed by atoms with Crippen molar-refractivity contribution in [2.24, 2.45) is 0 Å². The van der Waals surface area contributed by atoms with Crippen LogP contribution in [0.15, 0.2) is 30.3 Å². The maximum Gasteiger partial charge on any atom is 0.0309 e. The van der Waals surface area contributed by atoms with Crippen molar-refractivity contribution in [3.8, 4) is 0 Å². The highest BCUT2D eigenvalue weighted by Gasteiger charge is 2.35. The van der Waals surface area contributed by atoms with Gasteiger partial charge in [-0.15, -0.1) is 0 Å². The lowest BCUT2D eigenvalue weighted by Crippen LogP contribution is -2.60. The number of piperazine rings is 1. The van der Waals surface area contributed by atoms with E-state index in [1.54, 1.807) is 0 Å². The van der Waals surface area contributed by atoms with Crippen molar-refractivity contribution in [2.75, 3.05) is 19.6 Å². The lowest BCUT2D eigenvalue weighted by atomic mass is 9.80. The molecule has 1 N–H and O–H groups in total. The van der Waals surface area contributed by atoms with Gasteiger partial charge >= 0.3 is 0 Å². The number of nitrogens with zero attached hydrogens (tertiary/aromatic N) is 1. The number of rotatable bonds is 2. The van der Waals surface area contributed by atoms with Gasteiger partial charge in [-0.3, -0.25) is 4.90 Å². The molecule has 98 valence electrons. The van der Waals surface area contributed by atoms with Gasteiger partial charge in [0, 0.05) is 31.7 Å². The number of nitrogens with one attached hydrogen (secondary N) is 1. The zero-order valence-corrected chi connectivity index (χ0v) is 11.2. The molecular formula is C16H24N2. The molecule has 0 unspecified atom stereocenters. The van der Waals surface area contributed by atoms with Gasteiger partial charge in [0.05, 0.1) is 0 Å². The molecule has 1 aromatic rings. The molecule has 2 heteroatoms. The fraction of sp³-hybridized carbons (Fsp3) is 0.625. The average Bonchev–Trinajstić information content (AvgIpc) is 2.41. The number of hydrogen-bond donors (Lipinski definition) is 1. The van der Waals surface area contributed by atoms with Crippen molar-refractivity contribution < 1.29 is 0 Å². The van der Waals surface area contributed by atoms with Gasteiger partial charge < -0.3 is 5.32 Å². The predicted octanol–water partition coefficient (Wildman–Crippen LogP) is 2.79. The summed E-state index contributed by atoms with van der Waals surface area (Å²) in [5.41, 5.74) is 1.89. The van der Waals surface area contributed by atoms with E-state index in [0.29, 0.717) is 5.54 Å². The zero-order chi connectivity index (χ0) is 12.3. The third-order valence-electron chi connectivity index (χ3n) is 4.51. The monoisotopic (exact) mass is 244 g/mol. The van der Waals surface area contributed by atoms with Crippen LogP contribution in [0.1, 0.15) is 37.7 Å². The summed E-state index contributed by atoms with van der Waals surface area (Å²) in [4.78, 5) is 2.64. The Morgan fingerprint density at radius 1 is 1.06 bits per heavy atom. The highest BCUT2D eigenvalue weighted by molar-refractivity contribution is 5.15. The van der Waals surface area contributed by atoms with E-state index in [4.69, 9.17) is 0 Å². The lowest BCUT2D eigenvalue weighted by molar-refractivity contribution is 0.0945. The van der Waals surface area contributed by atoms with Gasteiger partial charge in [-0.1, -0.05) is 49.6 Å². The summed E-state index contributed by atoms with van der Waals surface area (Å²) in [7, 11) is 0. The second-order valence-electron chi connectivity index (χ2n) is 5.96. The Labute approximate surface area is 110 Å². The summed E-state index contributed by atoms with van der Waals surface area (Å²) < 4.78 is 0.